The minimum atomic E-state index is 0.182. The van der Waals surface area contributed by atoms with E-state index in [0.717, 1.165) is 23.5 Å². The number of hydrogen-bond donors (Lipinski definition) is 2. The highest BCUT2D eigenvalue weighted by atomic mass is 35.5. The van der Waals surface area contributed by atoms with Gasteiger partial charge in [-0.15, -0.1) is 0 Å². The van der Waals surface area contributed by atoms with E-state index in [1.54, 1.807) is 0 Å². The minimum Gasteiger partial charge on any atom is -0.357 e. The Morgan fingerprint density at radius 1 is 1.31 bits per heavy atom. The summed E-state index contributed by atoms with van der Waals surface area (Å²) in [6.45, 7) is 5.39. The summed E-state index contributed by atoms with van der Waals surface area (Å²) in [7, 11) is 0. The Morgan fingerprint density at radius 2 is 2.12 bits per heavy atom. The summed E-state index contributed by atoms with van der Waals surface area (Å²) in [5.41, 5.74) is 4.07. The average molecular weight is 235 g/mol. The van der Waals surface area contributed by atoms with E-state index in [1.165, 1.54) is 16.6 Å². The number of aromatic nitrogens is 1. The van der Waals surface area contributed by atoms with Gasteiger partial charge in [-0.1, -0.05) is 17.7 Å². The van der Waals surface area contributed by atoms with Gasteiger partial charge in [0, 0.05) is 33.7 Å². The van der Waals surface area contributed by atoms with E-state index in [9.17, 15) is 0 Å². The van der Waals surface area contributed by atoms with Crippen molar-refractivity contribution >= 4 is 22.5 Å². The van der Waals surface area contributed by atoms with Gasteiger partial charge in [0.25, 0.3) is 0 Å². The lowest BCUT2D eigenvalue weighted by Gasteiger charge is -2.31. The molecule has 2 heterocycles. The highest BCUT2D eigenvalue weighted by Gasteiger charge is 2.27. The van der Waals surface area contributed by atoms with E-state index < -0.39 is 0 Å². The van der Waals surface area contributed by atoms with Gasteiger partial charge in [0.1, 0.15) is 0 Å². The molecule has 0 spiro atoms. The van der Waals surface area contributed by atoms with Crippen LogP contribution in [0, 0.1) is 0 Å². The fraction of sp³-hybridized carbons (Fsp3) is 0.385. The van der Waals surface area contributed by atoms with Gasteiger partial charge in [-0.3, -0.25) is 0 Å². The lowest BCUT2D eigenvalue weighted by molar-refractivity contribution is 0.361. The number of H-pyrrole nitrogens is 1. The van der Waals surface area contributed by atoms with Gasteiger partial charge in [0.05, 0.1) is 0 Å². The van der Waals surface area contributed by atoms with Gasteiger partial charge < -0.3 is 10.3 Å². The maximum absolute atomic E-state index is 6.00. The van der Waals surface area contributed by atoms with Crippen molar-refractivity contribution in [3.63, 3.8) is 0 Å². The maximum Gasteiger partial charge on any atom is 0.0474 e. The summed E-state index contributed by atoms with van der Waals surface area (Å²) in [6, 6.07) is 6.09. The van der Waals surface area contributed by atoms with Gasteiger partial charge in [-0.05, 0) is 38.0 Å². The molecule has 0 saturated carbocycles. The number of fused-ring (bicyclic) bond motifs is 3. The number of nitrogens with one attached hydrogen (secondary N) is 2. The van der Waals surface area contributed by atoms with E-state index in [2.05, 4.69) is 30.2 Å². The van der Waals surface area contributed by atoms with Crippen LogP contribution in [0.25, 0.3) is 10.9 Å². The van der Waals surface area contributed by atoms with Crippen molar-refractivity contribution in [3.05, 3.63) is 34.5 Å². The van der Waals surface area contributed by atoms with Crippen LogP contribution in [0.3, 0.4) is 0 Å². The highest BCUT2D eigenvalue weighted by Crippen LogP contribution is 2.31. The largest absolute Gasteiger partial charge is 0.357 e. The van der Waals surface area contributed by atoms with E-state index in [1.807, 2.05) is 12.1 Å². The summed E-state index contributed by atoms with van der Waals surface area (Å²) in [5.74, 6) is 0. The molecule has 1 aliphatic rings. The molecule has 2 nitrogen and oxygen atoms in total. The summed E-state index contributed by atoms with van der Waals surface area (Å²) in [6.07, 6.45) is 1.06. The average Bonchev–Trinajstić information content (AvgIpc) is 2.53. The minimum absolute atomic E-state index is 0.182. The normalized spacial score (nSPS) is 18.7. The molecule has 16 heavy (non-hydrogen) atoms. The zero-order chi connectivity index (χ0) is 11.3. The Hall–Kier alpha value is -0.990. The Bertz CT molecular complexity index is 554. The van der Waals surface area contributed by atoms with Gasteiger partial charge >= 0.3 is 0 Å². The van der Waals surface area contributed by atoms with E-state index in [4.69, 9.17) is 11.6 Å². The molecule has 0 saturated heterocycles. The highest BCUT2D eigenvalue weighted by molar-refractivity contribution is 6.31. The number of benzene rings is 1. The molecule has 0 radical (unpaired) electrons. The van der Waals surface area contributed by atoms with Crippen molar-refractivity contribution in [2.75, 3.05) is 0 Å². The first kappa shape index (κ1) is 10.2. The zero-order valence-electron chi connectivity index (χ0n) is 9.52. The zero-order valence-corrected chi connectivity index (χ0v) is 10.3. The lowest BCUT2D eigenvalue weighted by Crippen LogP contribution is -2.44. The molecule has 2 N–H and O–H groups in total. The third-order valence-corrected chi connectivity index (χ3v) is 3.55. The first-order valence-electron chi connectivity index (χ1n) is 5.59. The molecule has 3 rings (SSSR count). The number of hydrogen-bond acceptors (Lipinski definition) is 1. The first-order chi connectivity index (χ1) is 7.55. The molecule has 1 aromatic carbocycles. The molecule has 1 aliphatic heterocycles. The molecule has 0 amide bonds. The second kappa shape index (κ2) is 3.25. The topological polar surface area (TPSA) is 27.8 Å². The summed E-state index contributed by atoms with van der Waals surface area (Å²) < 4.78 is 0. The van der Waals surface area contributed by atoms with E-state index in [0.29, 0.717) is 0 Å². The van der Waals surface area contributed by atoms with Gasteiger partial charge in [-0.2, -0.15) is 0 Å². The quantitative estimate of drug-likeness (QED) is 0.720. The molecule has 1 aromatic heterocycles. The third-order valence-electron chi connectivity index (χ3n) is 3.32. The molecular weight excluding hydrogens is 220 g/mol. The maximum atomic E-state index is 6.00. The molecule has 0 fully saturated rings. The van der Waals surface area contributed by atoms with Crippen LogP contribution in [0.5, 0.6) is 0 Å². The second-order valence-corrected chi connectivity index (χ2v) is 5.62. The fourth-order valence-electron chi connectivity index (χ4n) is 2.47. The van der Waals surface area contributed by atoms with Gasteiger partial charge in [0.15, 0.2) is 0 Å². The Labute approximate surface area is 100.0 Å². The third kappa shape index (κ3) is 1.53. The lowest BCUT2D eigenvalue weighted by atomic mass is 9.89. The van der Waals surface area contributed by atoms with Crippen molar-refractivity contribution in [2.24, 2.45) is 0 Å². The molecule has 0 bridgehead atoms. The monoisotopic (exact) mass is 234 g/mol. The molecule has 0 unspecified atom stereocenters. The van der Waals surface area contributed by atoms with E-state index >= 15 is 0 Å². The Kier molecular flexibility index (Phi) is 2.07. The first-order valence-corrected chi connectivity index (χ1v) is 5.97. The Balaban J connectivity index is 2.22. The van der Waals surface area contributed by atoms with Crippen molar-refractivity contribution in [2.45, 2.75) is 32.4 Å². The summed E-state index contributed by atoms with van der Waals surface area (Å²) in [5, 5.41) is 5.63. The number of halogens is 1. The van der Waals surface area contributed by atoms with Crippen molar-refractivity contribution in [1.29, 1.82) is 0 Å². The predicted molar refractivity (Wildman–Crippen MR) is 67.9 cm³/mol. The van der Waals surface area contributed by atoms with Crippen LogP contribution in [0.1, 0.15) is 25.1 Å². The van der Waals surface area contributed by atoms with Crippen LogP contribution < -0.4 is 5.32 Å². The van der Waals surface area contributed by atoms with Gasteiger partial charge in [0.2, 0.25) is 0 Å². The standard InChI is InChI=1S/C13H15ClN2/c1-13(2)6-10-9-4-3-8(14)5-11(9)16-12(10)7-15-13/h3-5,15-16H,6-7H2,1-2H3. The van der Waals surface area contributed by atoms with Crippen LogP contribution in [0.15, 0.2) is 18.2 Å². The van der Waals surface area contributed by atoms with E-state index in [-0.39, 0.29) is 5.54 Å². The molecule has 0 atom stereocenters. The van der Waals surface area contributed by atoms with Crippen LogP contribution in [0.2, 0.25) is 5.02 Å². The number of rotatable bonds is 0. The van der Waals surface area contributed by atoms with Crippen LogP contribution in [0.4, 0.5) is 0 Å². The SMILES string of the molecule is CC1(C)Cc2c([nH]c3cc(Cl)ccc23)CN1. The van der Waals surface area contributed by atoms with Crippen LogP contribution in [-0.4, -0.2) is 10.5 Å². The van der Waals surface area contributed by atoms with Crippen LogP contribution in [-0.2, 0) is 13.0 Å². The molecule has 84 valence electrons. The molecule has 2 aromatic rings. The smallest absolute Gasteiger partial charge is 0.0474 e. The second-order valence-electron chi connectivity index (χ2n) is 5.19. The fourth-order valence-corrected chi connectivity index (χ4v) is 2.64. The van der Waals surface area contributed by atoms with Crippen molar-refractivity contribution < 1.29 is 0 Å². The molecular formula is C13H15ClN2. The summed E-state index contributed by atoms with van der Waals surface area (Å²) in [4.78, 5) is 3.45. The van der Waals surface area contributed by atoms with Crippen molar-refractivity contribution in [1.82, 2.24) is 10.3 Å². The predicted octanol–water partition coefficient (Wildman–Crippen LogP) is 3.25. The summed E-state index contributed by atoms with van der Waals surface area (Å²) >= 11 is 6.00. The van der Waals surface area contributed by atoms with Crippen molar-refractivity contribution in [3.8, 4) is 0 Å². The van der Waals surface area contributed by atoms with Crippen LogP contribution >= 0.6 is 11.6 Å². The Morgan fingerprint density at radius 3 is 2.94 bits per heavy atom. The molecule has 0 aliphatic carbocycles. The molecule has 3 heteroatoms. The number of aromatic amines is 1. The van der Waals surface area contributed by atoms with Gasteiger partial charge in [-0.25, -0.2) is 0 Å².